The fourth-order valence-corrected chi connectivity index (χ4v) is 3.51. The standard InChI is InChI=1S/C15H27N3O3/c1-10-8-18(9-11(2)17(10)3)15(21)16-7-12-5-4-6-13(12)14(19)20/h10-13H,4-9H2,1-3H3,(H,16,21)(H,19,20). The Morgan fingerprint density at radius 1 is 1.19 bits per heavy atom. The van der Waals surface area contributed by atoms with E-state index in [1.165, 1.54) is 0 Å². The molecule has 6 nitrogen and oxygen atoms in total. The van der Waals surface area contributed by atoms with E-state index in [0.717, 1.165) is 32.4 Å². The third-order valence-corrected chi connectivity index (χ3v) is 5.14. The van der Waals surface area contributed by atoms with Gasteiger partial charge in [0.1, 0.15) is 0 Å². The Balaban J connectivity index is 1.83. The largest absolute Gasteiger partial charge is 0.481 e. The van der Waals surface area contributed by atoms with Gasteiger partial charge in [-0.3, -0.25) is 9.69 Å². The molecule has 1 aliphatic carbocycles. The van der Waals surface area contributed by atoms with Crippen molar-refractivity contribution in [2.24, 2.45) is 11.8 Å². The van der Waals surface area contributed by atoms with E-state index in [1.54, 1.807) is 0 Å². The fraction of sp³-hybridized carbons (Fsp3) is 0.867. The van der Waals surface area contributed by atoms with Gasteiger partial charge in [0.25, 0.3) is 0 Å². The topological polar surface area (TPSA) is 72.9 Å². The molecule has 0 aromatic carbocycles. The zero-order valence-corrected chi connectivity index (χ0v) is 13.2. The molecule has 2 fully saturated rings. The van der Waals surface area contributed by atoms with Crippen LogP contribution in [0.3, 0.4) is 0 Å². The van der Waals surface area contributed by atoms with Gasteiger partial charge in [0, 0.05) is 31.7 Å². The van der Waals surface area contributed by atoms with Crippen LogP contribution in [-0.4, -0.2) is 65.7 Å². The van der Waals surface area contributed by atoms with E-state index in [9.17, 15) is 9.59 Å². The lowest BCUT2D eigenvalue weighted by atomic mass is 9.96. The van der Waals surface area contributed by atoms with Crippen LogP contribution in [0, 0.1) is 11.8 Å². The first-order valence-electron chi connectivity index (χ1n) is 7.87. The second-order valence-electron chi connectivity index (χ2n) is 6.59. The number of carboxylic acids is 1. The maximum Gasteiger partial charge on any atom is 0.317 e. The van der Waals surface area contributed by atoms with Gasteiger partial charge in [0.05, 0.1) is 5.92 Å². The number of rotatable bonds is 3. The van der Waals surface area contributed by atoms with Crippen LogP contribution in [-0.2, 0) is 4.79 Å². The number of urea groups is 1. The molecular weight excluding hydrogens is 270 g/mol. The summed E-state index contributed by atoms with van der Waals surface area (Å²) >= 11 is 0. The van der Waals surface area contributed by atoms with Gasteiger partial charge < -0.3 is 15.3 Å². The predicted octanol–water partition coefficient (Wildman–Crippen LogP) is 1.22. The number of amides is 2. The first-order chi connectivity index (χ1) is 9.90. The highest BCUT2D eigenvalue weighted by Gasteiger charge is 2.34. The Bertz CT molecular complexity index is 390. The third-order valence-electron chi connectivity index (χ3n) is 5.14. The molecule has 4 unspecified atom stereocenters. The summed E-state index contributed by atoms with van der Waals surface area (Å²) in [6.07, 6.45) is 2.57. The molecule has 0 bridgehead atoms. The van der Waals surface area contributed by atoms with Crippen molar-refractivity contribution in [3.8, 4) is 0 Å². The molecule has 0 radical (unpaired) electrons. The molecule has 2 aliphatic rings. The highest BCUT2D eigenvalue weighted by molar-refractivity contribution is 5.75. The third kappa shape index (κ3) is 3.67. The summed E-state index contributed by atoms with van der Waals surface area (Å²) in [5.74, 6) is -0.946. The summed E-state index contributed by atoms with van der Waals surface area (Å²) < 4.78 is 0. The summed E-state index contributed by atoms with van der Waals surface area (Å²) in [6.45, 7) is 6.16. The molecule has 0 aromatic rings. The summed E-state index contributed by atoms with van der Waals surface area (Å²) in [5, 5.41) is 12.1. The maximum atomic E-state index is 12.3. The van der Waals surface area contributed by atoms with Crippen molar-refractivity contribution in [2.45, 2.75) is 45.2 Å². The van der Waals surface area contributed by atoms with Crippen molar-refractivity contribution in [2.75, 3.05) is 26.7 Å². The van der Waals surface area contributed by atoms with Crippen LogP contribution in [0.15, 0.2) is 0 Å². The number of carbonyl (C=O) groups is 2. The van der Waals surface area contributed by atoms with Crippen LogP contribution in [0.1, 0.15) is 33.1 Å². The molecule has 0 spiro atoms. The molecule has 21 heavy (non-hydrogen) atoms. The Morgan fingerprint density at radius 3 is 2.38 bits per heavy atom. The number of likely N-dealkylation sites (N-methyl/N-ethyl adjacent to an activating group) is 1. The Hall–Kier alpha value is -1.30. The molecule has 1 heterocycles. The first kappa shape index (κ1) is 16.1. The summed E-state index contributed by atoms with van der Waals surface area (Å²) in [5.41, 5.74) is 0. The van der Waals surface area contributed by atoms with E-state index in [-0.39, 0.29) is 17.9 Å². The van der Waals surface area contributed by atoms with Gasteiger partial charge >= 0.3 is 12.0 Å². The minimum Gasteiger partial charge on any atom is -0.481 e. The summed E-state index contributed by atoms with van der Waals surface area (Å²) in [4.78, 5) is 27.6. The molecule has 4 atom stereocenters. The monoisotopic (exact) mass is 297 g/mol. The quantitative estimate of drug-likeness (QED) is 0.821. The number of aliphatic carboxylic acids is 1. The number of nitrogens with zero attached hydrogens (tertiary/aromatic N) is 2. The molecule has 1 saturated carbocycles. The van der Waals surface area contributed by atoms with Gasteiger partial charge in [-0.1, -0.05) is 6.42 Å². The Morgan fingerprint density at radius 2 is 1.81 bits per heavy atom. The van der Waals surface area contributed by atoms with Crippen molar-refractivity contribution in [1.29, 1.82) is 0 Å². The molecule has 2 amide bonds. The van der Waals surface area contributed by atoms with Gasteiger partial charge in [0.2, 0.25) is 0 Å². The van der Waals surface area contributed by atoms with Crippen molar-refractivity contribution >= 4 is 12.0 Å². The average Bonchev–Trinajstić information content (AvgIpc) is 2.90. The minimum atomic E-state index is -0.728. The highest BCUT2D eigenvalue weighted by Crippen LogP contribution is 2.31. The van der Waals surface area contributed by atoms with Crippen LogP contribution in [0.2, 0.25) is 0 Å². The van der Waals surface area contributed by atoms with Crippen LogP contribution in [0.4, 0.5) is 4.79 Å². The number of carboxylic acid groups (broad SMARTS) is 1. The van der Waals surface area contributed by atoms with Crippen LogP contribution >= 0.6 is 0 Å². The van der Waals surface area contributed by atoms with Gasteiger partial charge in [-0.2, -0.15) is 0 Å². The van der Waals surface area contributed by atoms with E-state index in [2.05, 4.69) is 31.1 Å². The molecular formula is C15H27N3O3. The molecule has 2 rings (SSSR count). The van der Waals surface area contributed by atoms with E-state index in [1.807, 2.05) is 4.90 Å². The van der Waals surface area contributed by atoms with Gasteiger partial charge in [-0.05, 0) is 39.7 Å². The summed E-state index contributed by atoms with van der Waals surface area (Å²) in [6, 6.07) is 0.633. The van der Waals surface area contributed by atoms with Crippen LogP contribution < -0.4 is 5.32 Å². The first-order valence-corrected chi connectivity index (χ1v) is 7.87. The second kappa shape index (κ2) is 6.64. The maximum absolute atomic E-state index is 12.3. The van der Waals surface area contributed by atoms with E-state index in [4.69, 9.17) is 5.11 Å². The Kier molecular flexibility index (Phi) is 5.08. The lowest BCUT2D eigenvalue weighted by molar-refractivity contribution is -0.142. The van der Waals surface area contributed by atoms with Crippen molar-refractivity contribution in [3.63, 3.8) is 0 Å². The normalized spacial score (nSPS) is 34.0. The van der Waals surface area contributed by atoms with Gasteiger partial charge in [-0.15, -0.1) is 0 Å². The lowest BCUT2D eigenvalue weighted by Gasteiger charge is -2.42. The molecule has 1 aliphatic heterocycles. The fourth-order valence-electron chi connectivity index (χ4n) is 3.51. The number of carbonyl (C=O) groups excluding carboxylic acids is 1. The van der Waals surface area contributed by atoms with Gasteiger partial charge in [0.15, 0.2) is 0 Å². The van der Waals surface area contributed by atoms with Crippen molar-refractivity contribution in [3.05, 3.63) is 0 Å². The van der Waals surface area contributed by atoms with Crippen LogP contribution in [0.25, 0.3) is 0 Å². The molecule has 6 heteroatoms. The lowest BCUT2D eigenvalue weighted by Crippen LogP contribution is -2.58. The van der Waals surface area contributed by atoms with Crippen molar-refractivity contribution in [1.82, 2.24) is 15.1 Å². The van der Waals surface area contributed by atoms with E-state index < -0.39 is 5.97 Å². The smallest absolute Gasteiger partial charge is 0.317 e. The zero-order valence-electron chi connectivity index (χ0n) is 13.2. The predicted molar refractivity (Wildman–Crippen MR) is 80.1 cm³/mol. The molecule has 0 aromatic heterocycles. The summed E-state index contributed by atoms with van der Waals surface area (Å²) in [7, 11) is 2.08. The van der Waals surface area contributed by atoms with Gasteiger partial charge in [-0.25, -0.2) is 4.79 Å². The molecule has 1 saturated heterocycles. The van der Waals surface area contributed by atoms with E-state index >= 15 is 0 Å². The van der Waals surface area contributed by atoms with E-state index in [0.29, 0.717) is 18.6 Å². The minimum absolute atomic E-state index is 0.0576. The highest BCUT2D eigenvalue weighted by atomic mass is 16.4. The number of hydrogen-bond acceptors (Lipinski definition) is 3. The van der Waals surface area contributed by atoms with Crippen LogP contribution in [0.5, 0.6) is 0 Å². The zero-order chi connectivity index (χ0) is 15.6. The molecule has 120 valence electrons. The average molecular weight is 297 g/mol. The molecule has 2 N–H and O–H groups in total. The SMILES string of the molecule is CC1CN(C(=O)NCC2CCCC2C(=O)O)CC(C)N1C. The second-order valence-corrected chi connectivity index (χ2v) is 6.59. The Labute approximate surface area is 126 Å². The number of hydrogen-bond donors (Lipinski definition) is 2. The number of nitrogens with one attached hydrogen (secondary N) is 1. The van der Waals surface area contributed by atoms with Crippen molar-refractivity contribution < 1.29 is 14.7 Å². The number of piperazine rings is 1.